The third kappa shape index (κ3) is 17.3. The Morgan fingerprint density at radius 2 is 1.13 bits per heavy atom. The zero-order chi connectivity index (χ0) is 54.8. The van der Waals surface area contributed by atoms with Gasteiger partial charge in [0, 0.05) is 18.7 Å². The largest absolute Gasteiger partial charge is 0.491 e. The second-order valence-electron chi connectivity index (χ2n) is 21.9. The van der Waals surface area contributed by atoms with Crippen LogP contribution in [0.25, 0.3) is 0 Å². The highest BCUT2D eigenvalue weighted by Gasteiger charge is 2.61. The lowest BCUT2D eigenvalue weighted by molar-refractivity contribution is -0.213. The Hall–Kier alpha value is -4.35. The molecule has 1 aromatic rings. The van der Waals surface area contributed by atoms with Crippen LogP contribution in [0.3, 0.4) is 0 Å². The Labute approximate surface area is 443 Å². The summed E-state index contributed by atoms with van der Waals surface area (Å²) < 4.78 is 95.0. The summed E-state index contributed by atoms with van der Waals surface area (Å²) in [5, 5.41) is 10.4. The monoisotopic (exact) mass is 1080 g/mol. The van der Waals surface area contributed by atoms with E-state index in [9.17, 15) is 24.0 Å². The first-order valence-electron chi connectivity index (χ1n) is 25.9. The SMILES string of the molecule is CC(C)(C)OC(=O)CCNC(=O)C(NC(=O)OC(C)(C)C)C(=O)NCCOCCOCCOCCOc1cccc(C(=O)NC(COC2C3COC(O3)C3OC(C)(C)OC23)COC2C3COC(O3)C3OC(C)(C)OC23)c1. The molecule has 6 heterocycles. The molecule has 0 saturated carbocycles. The Kier molecular flexibility index (Phi) is 20.3. The van der Waals surface area contributed by atoms with Crippen molar-refractivity contribution in [2.24, 2.45) is 0 Å². The molecule has 6 saturated heterocycles. The van der Waals surface area contributed by atoms with E-state index in [1.54, 1.807) is 65.8 Å². The van der Waals surface area contributed by atoms with E-state index >= 15 is 0 Å². The molecule has 0 aromatic heterocycles. The fourth-order valence-corrected chi connectivity index (χ4v) is 9.11. The highest BCUT2D eigenvalue weighted by atomic mass is 16.8. The molecule has 4 amide bonds. The van der Waals surface area contributed by atoms with Crippen LogP contribution in [0, 0.1) is 0 Å². The zero-order valence-electron chi connectivity index (χ0n) is 45.2. The fraction of sp³-hybridized carbons (Fsp3) is 0.784. The summed E-state index contributed by atoms with van der Waals surface area (Å²) in [6.07, 6.45) is -5.97. The van der Waals surface area contributed by atoms with Gasteiger partial charge in [-0.15, -0.1) is 0 Å². The van der Waals surface area contributed by atoms with Crippen LogP contribution in [0.1, 0.15) is 86.0 Å². The third-order valence-electron chi connectivity index (χ3n) is 12.1. The minimum Gasteiger partial charge on any atom is -0.491 e. The number of rotatable bonds is 27. The molecule has 7 rings (SSSR count). The summed E-state index contributed by atoms with van der Waals surface area (Å²) in [6.45, 7) is 19.6. The quantitative estimate of drug-likeness (QED) is 0.0550. The van der Waals surface area contributed by atoms with Gasteiger partial charge in [0.25, 0.3) is 17.7 Å². The van der Waals surface area contributed by atoms with Crippen molar-refractivity contribution >= 4 is 29.8 Å². The Morgan fingerprint density at radius 3 is 1.67 bits per heavy atom. The molecule has 6 aliphatic heterocycles. The second-order valence-corrected chi connectivity index (χ2v) is 21.9. The maximum atomic E-state index is 13.9. The van der Waals surface area contributed by atoms with E-state index in [0.29, 0.717) is 24.5 Å². The van der Waals surface area contributed by atoms with E-state index in [-0.39, 0.29) is 84.9 Å². The molecular formula is C51H78N4O21. The van der Waals surface area contributed by atoms with E-state index in [4.69, 9.17) is 75.8 Å². The van der Waals surface area contributed by atoms with Gasteiger partial charge in [0.1, 0.15) is 72.4 Å². The maximum Gasteiger partial charge on any atom is 0.408 e. The van der Waals surface area contributed by atoms with E-state index in [0.717, 1.165) is 0 Å². The average molecular weight is 1080 g/mol. The van der Waals surface area contributed by atoms with Crippen molar-refractivity contribution in [1.82, 2.24) is 21.3 Å². The molecule has 6 aliphatic rings. The number of ether oxygens (including phenoxy) is 16. The van der Waals surface area contributed by atoms with Crippen molar-refractivity contribution in [2.75, 3.05) is 85.8 Å². The third-order valence-corrected chi connectivity index (χ3v) is 12.1. The lowest BCUT2D eigenvalue weighted by Gasteiger charge is -2.37. The molecule has 11 atom stereocenters. The molecule has 0 aliphatic carbocycles. The Balaban J connectivity index is 0.798. The van der Waals surface area contributed by atoms with Gasteiger partial charge >= 0.3 is 12.1 Å². The molecular weight excluding hydrogens is 1000 g/mol. The molecule has 0 radical (unpaired) electrons. The van der Waals surface area contributed by atoms with Gasteiger partial charge in [0.15, 0.2) is 30.2 Å². The van der Waals surface area contributed by atoms with Crippen molar-refractivity contribution in [2.45, 2.75) is 172 Å². The Bertz CT molecular complexity index is 2060. The molecule has 76 heavy (non-hydrogen) atoms. The van der Waals surface area contributed by atoms with E-state index in [2.05, 4.69) is 21.3 Å². The van der Waals surface area contributed by atoms with Crippen LogP contribution in [0.2, 0.25) is 0 Å². The first-order chi connectivity index (χ1) is 35.9. The number of amides is 4. The van der Waals surface area contributed by atoms with Crippen LogP contribution in [0.5, 0.6) is 5.75 Å². The van der Waals surface area contributed by atoms with Gasteiger partial charge in [-0.1, -0.05) is 6.07 Å². The number of hydrogen-bond donors (Lipinski definition) is 4. The predicted octanol–water partition coefficient (Wildman–Crippen LogP) is 1.39. The summed E-state index contributed by atoms with van der Waals surface area (Å²) in [4.78, 5) is 64.3. The molecule has 0 spiro atoms. The van der Waals surface area contributed by atoms with Gasteiger partial charge in [-0.3, -0.25) is 19.2 Å². The number of fused-ring (bicyclic) bond motifs is 8. The number of hydrogen-bond acceptors (Lipinski definition) is 21. The minimum atomic E-state index is -1.64. The highest BCUT2D eigenvalue weighted by Crippen LogP contribution is 2.43. The van der Waals surface area contributed by atoms with E-state index in [1.807, 2.05) is 27.7 Å². The van der Waals surface area contributed by atoms with E-state index in [1.165, 1.54) is 0 Å². The lowest BCUT2D eigenvalue weighted by Crippen LogP contribution is -2.56. The number of nitrogens with one attached hydrogen (secondary N) is 4. The van der Waals surface area contributed by atoms with Crippen molar-refractivity contribution in [3.8, 4) is 5.75 Å². The zero-order valence-corrected chi connectivity index (χ0v) is 45.2. The van der Waals surface area contributed by atoms with Crippen molar-refractivity contribution < 1.29 is 99.8 Å². The van der Waals surface area contributed by atoms with E-state index < -0.39 is 120 Å². The number of benzene rings is 1. The standard InChI is InChI=1S/C51H78N4O21/c1-48(2,3)71-34(56)14-15-52-43(58)35(55-47(60)76-49(4,5)6)44(59)53-16-17-61-18-19-62-20-21-63-22-23-64-31-13-11-12-29(24-31)42(57)54-30(25-65-36-32-27-67-45(69-32)40-38(36)72-50(7,8)74-40)26-66-37-33-28-68-46(70-33)41-39(37)73-51(9,10)75-41/h11-13,24,30,32-33,35-41,45-46H,14-23,25-28H2,1-10H3,(H,52,58)(H,53,59)(H,54,57)(H,55,60). The van der Waals surface area contributed by atoms with Gasteiger partial charge in [-0.25, -0.2) is 4.79 Å². The molecule has 1 aromatic carbocycles. The fourth-order valence-electron chi connectivity index (χ4n) is 9.11. The molecule has 428 valence electrons. The Morgan fingerprint density at radius 1 is 0.632 bits per heavy atom. The molecule has 6 fully saturated rings. The van der Waals surface area contributed by atoms with Crippen molar-refractivity contribution in [1.29, 1.82) is 0 Å². The lowest BCUT2D eigenvalue weighted by atomic mass is 10.0. The number of carbonyl (C=O) groups excluding carboxylic acids is 5. The average Bonchev–Trinajstić information content (AvgIpc) is 4.16. The smallest absolute Gasteiger partial charge is 0.408 e. The number of carbonyl (C=O) groups is 5. The van der Waals surface area contributed by atoms with Gasteiger partial charge in [-0.2, -0.15) is 0 Å². The van der Waals surface area contributed by atoms with Crippen LogP contribution in [-0.4, -0.2) is 212 Å². The molecule has 4 bridgehead atoms. The minimum absolute atomic E-state index is 0.0252. The van der Waals surface area contributed by atoms with Crippen LogP contribution in [0.15, 0.2) is 24.3 Å². The highest BCUT2D eigenvalue weighted by molar-refractivity contribution is 6.06. The summed E-state index contributed by atoms with van der Waals surface area (Å²) >= 11 is 0. The van der Waals surface area contributed by atoms with Gasteiger partial charge < -0.3 is 97.1 Å². The van der Waals surface area contributed by atoms with Crippen molar-refractivity contribution in [3.63, 3.8) is 0 Å². The summed E-state index contributed by atoms with van der Waals surface area (Å²) in [6, 6.07) is 4.49. The second kappa shape index (κ2) is 26.1. The van der Waals surface area contributed by atoms with Crippen LogP contribution in [-0.2, 0) is 85.4 Å². The summed E-state index contributed by atoms with van der Waals surface area (Å²) in [5.74, 6) is -3.81. The first-order valence-corrected chi connectivity index (χ1v) is 25.9. The maximum absolute atomic E-state index is 13.9. The first kappa shape index (κ1) is 59.3. The molecule has 11 unspecified atom stereocenters. The summed E-state index contributed by atoms with van der Waals surface area (Å²) in [5.41, 5.74) is -1.23. The number of alkyl carbamates (subject to hydrolysis) is 1. The topological polar surface area (TPSA) is 281 Å². The van der Waals surface area contributed by atoms with Crippen LogP contribution in [0.4, 0.5) is 4.79 Å². The molecule has 4 N–H and O–H groups in total. The number of esters is 1. The van der Waals surface area contributed by atoms with Crippen molar-refractivity contribution in [3.05, 3.63) is 29.8 Å². The van der Waals surface area contributed by atoms with Gasteiger partial charge in [0.05, 0.1) is 78.5 Å². The molecule has 25 nitrogen and oxygen atoms in total. The van der Waals surface area contributed by atoms with Crippen LogP contribution >= 0.6 is 0 Å². The van der Waals surface area contributed by atoms with Gasteiger partial charge in [0.2, 0.25) is 0 Å². The molecule has 25 heteroatoms. The van der Waals surface area contributed by atoms with Crippen LogP contribution < -0.4 is 26.0 Å². The predicted molar refractivity (Wildman–Crippen MR) is 262 cm³/mol. The van der Waals surface area contributed by atoms with Gasteiger partial charge in [-0.05, 0) is 87.4 Å². The normalized spacial score (nSPS) is 28.6. The summed E-state index contributed by atoms with van der Waals surface area (Å²) in [7, 11) is 0.